The molecular weight excluding hydrogens is 208 g/mol. The van der Waals surface area contributed by atoms with Crippen LogP contribution in [0.4, 0.5) is 0 Å². The molecule has 1 amide bonds. The lowest BCUT2D eigenvalue weighted by Gasteiger charge is -2.23. The Bertz CT molecular complexity index is 323. The number of aliphatic carboxylic acids is 1. The van der Waals surface area contributed by atoms with Gasteiger partial charge >= 0.3 is 5.97 Å². The minimum absolute atomic E-state index is 0.219. The third kappa shape index (κ3) is 2.82. The van der Waals surface area contributed by atoms with E-state index in [-0.39, 0.29) is 11.9 Å². The molecule has 3 atom stereocenters. The van der Waals surface area contributed by atoms with Crippen molar-refractivity contribution in [2.75, 3.05) is 0 Å². The summed E-state index contributed by atoms with van der Waals surface area (Å²) in [6.07, 6.45) is 4.26. The van der Waals surface area contributed by atoms with Crippen molar-refractivity contribution in [3.8, 4) is 0 Å². The molecule has 0 aliphatic heterocycles. The summed E-state index contributed by atoms with van der Waals surface area (Å²) in [6.45, 7) is 3.50. The van der Waals surface area contributed by atoms with Crippen LogP contribution in [0.15, 0.2) is 12.2 Å². The number of rotatable bonds is 4. The number of carbonyl (C=O) groups is 2. The van der Waals surface area contributed by atoms with Crippen LogP contribution in [0.3, 0.4) is 0 Å². The van der Waals surface area contributed by atoms with Gasteiger partial charge in [0.15, 0.2) is 0 Å². The number of carboxylic acid groups (broad SMARTS) is 1. The number of amides is 1. The summed E-state index contributed by atoms with van der Waals surface area (Å²) in [7, 11) is 0. The number of carboxylic acids is 1. The second kappa shape index (κ2) is 4.65. The predicted molar refractivity (Wildman–Crippen MR) is 59.7 cm³/mol. The Morgan fingerprint density at radius 1 is 1.56 bits per heavy atom. The molecule has 0 heterocycles. The third-order valence-corrected chi connectivity index (χ3v) is 2.97. The van der Waals surface area contributed by atoms with Crippen LogP contribution < -0.4 is 11.1 Å². The van der Waals surface area contributed by atoms with Crippen LogP contribution in [0, 0.1) is 5.92 Å². The first kappa shape index (κ1) is 12.7. The lowest BCUT2D eigenvalue weighted by molar-refractivity contribution is -0.140. The number of hydrogen-bond acceptors (Lipinski definition) is 3. The lowest BCUT2D eigenvalue weighted by atomic mass is 9.98. The summed E-state index contributed by atoms with van der Waals surface area (Å²) in [4.78, 5) is 22.4. The molecule has 1 rings (SSSR count). The van der Waals surface area contributed by atoms with Crippen molar-refractivity contribution >= 4 is 11.9 Å². The maximum Gasteiger partial charge on any atom is 0.310 e. The number of hydrogen-bond donors (Lipinski definition) is 3. The Kier molecular flexibility index (Phi) is 3.70. The van der Waals surface area contributed by atoms with Gasteiger partial charge in [0.05, 0.1) is 11.5 Å². The molecule has 4 N–H and O–H groups in total. The fraction of sp³-hybridized carbons (Fsp3) is 0.636. The normalized spacial score (nSPS) is 27.4. The summed E-state index contributed by atoms with van der Waals surface area (Å²) in [5.74, 6) is -1.61. The molecular formula is C11H18N2O3. The van der Waals surface area contributed by atoms with Gasteiger partial charge in [-0.05, 0) is 19.8 Å². The van der Waals surface area contributed by atoms with E-state index in [1.165, 1.54) is 0 Å². The van der Waals surface area contributed by atoms with E-state index in [9.17, 15) is 9.59 Å². The van der Waals surface area contributed by atoms with Crippen LogP contribution in [0.2, 0.25) is 0 Å². The number of nitrogens with one attached hydrogen (secondary N) is 1. The van der Waals surface area contributed by atoms with E-state index >= 15 is 0 Å². The lowest BCUT2D eigenvalue weighted by Crippen LogP contribution is -2.53. The van der Waals surface area contributed by atoms with Crippen molar-refractivity contribution in [2.45, 2.75) is 38.3 Å². The molecule has 3 unspecified atom stereocenters. The molecule has 0 aromatic carbocycles. The van der Waals surface area contributed by atoms with E-state index in [1.807, 2.05) is 6.92 Å². The fourth-order valence-electron chi connectivity index (χ4n) is 1.48. The molecule has 1 aliphatic carbocycles. The molecule has 1 aliphatic rings. The highest BCUT2D eigenvalue weighted by molar-refractivity contribution is 5.86. The first-order valence-electron chi connectivity index (χ1n) is 5.38. The van der Waals surface area contributed by atoms with E-state index in [4.69, 9.17) is 10.8 Å². The predicted octanol–water partition coefficient (Wildman–Crippen LogP) is 0.259. The maximum atomic E-state index is 11.7. The topological polar surface area (TPSA) is 92.4 Å². The third-order valence-electron chi connectivity index (χ3n) is 2.97. The highest BCUT2D eigenvalue weighted by Crippen LogP contribution is 2.18. The van der Waals surface area contributed by atoms with E-state index < -0.39 is 17.4 Å². The van der Waals surface area contributed by atoms with Crippen LogP contribution in [-0.2, 0) is 9.59 Å². The second-order valence-electron chi connectivity index (χ2n) is 4.42. The van der Waals surface area contributed by atoms with Gasteiger partial charge in [-0.15, -0.1) is 0 Å². The highest BCUT2D eigenvalue weighted by atomic mass is 16.4. The summed E-state index contributed by atoms with van der Waals surface area (Å²) in [5.41, 5.74) is 4.89. The van der Waals surface area contributed by atoms with E-state index in [2.05, 4.69) is 5.32 Å². The molecule has 0 fully saturated rings. The molecule has 90 valence electrons. The molecule has 0 saturated carbocycles. The standard InChI is InChI=1S/C11H18N2O3/c1-3-11(2,12)10(16)13-8-5-4-7(6-8)9(14)15/h4-5,7-8H,3,6,12H2,1-2H3,(H,13,16)(H,14,15). The van der Waals surface area contributed by atoms with E-state index in [1.54, 1.807) is 19.1 Å². The molecule has 5 heteroatoms. The van der Waals surface area contributed by atoms with Gasteiger partial charge in [0, 0.05) is 6.04 Å². The molecule has 0 saturated heterocycles. The molecule has 16 heavy (non-hydrogen) atoms. The van der Waals surface area contributed by atoms with E-state index in [0.717, 1.165) is 0 Å². The van der Waals surface area contributed by atoms with Gasteiger partial charge in [-0.1, -0.05) is 19.1 Å². The highest BCUT2D eigenvalue weighted by Gasteiger charge is 2.30. The number of carbonyl (C=O) groups excluding carboxylic acids is 1. The smallest absolute Gasteiger partial charge is 0.310 e. The van der Waals surface area contributed by atoms with Crippen molar-refractivity contribution in [1.29, 1.82) is 0 Å². The second-order valence-corrected chi connectivity index (χ2v) is 4.42. The van der Waals surface area contributed by atoms with Crippen molar-refractivity contribution in [3.63, 3.8) is 0 Å². The van der Waals surface area contributed by atoms with Gasteiger partial charge < -0.3 is 16.2 Å². The van der Waals surface area contributed by atoms with Crippen molar-refractivity contribution in [3.05, 3.63) is 12.2 Å². The Morgan fingerprint density at radius 2 is 2.19 bits per heavy atom. The first-order valence-corrected chi connectivity index (χ1v) is 5.38. The van der Waals surface area contributed by atoms with Gasteiger partial charge in [0.2, 0.25) is 5.91 Å². The number of nitrogens with two attached hydrogens (primary N) is 1. The Labute approximate surface area is 94.7 Å². The maximum absolute atomic E-state index is 11.7. The SMILES string of the molecule is CCC(C)(N)C(=O)NC1C=CC(C(=O)O)C1. The largest absolute Gasteiger partial charge is 0.481 e. The van der Waals surface area contributed by atoms with Crippen LogP contribution in [0.1, 0.15) is 26.7 Å². The fourth-order valence-corrected chi connectivity index (χ4v) is 1.48. The summed E-state index contributed by atoms with van der Waals surface area (Å²) in [6, 6.07) is -0.219. The van der Waals surface area contributed by atoms with Gasteiger partial charge in [0.25, 0.3) is 0 Å². The first-order chi connectivity index (χ1) is 7.36. The van der Waals surface area contributed by atoms with Crippen LogP contribution in [0.5, 0.6) is 0 Å². The zero-order chi connectivity index (χ0) is 12.3. The van der Waals surface area contributed by atoms with Crippen molar-refractivity contribution in [1.82, 2.24) is 5.32 Å². The zero-order valence-electron chi connectivity index (χ0n) is 9.56. The van der Waals surface area contributed by atoms with Gasteiger partial charge in [0.1, 0.15) is 0 Å². The molecule has 0 spiro atoms. The molecule has 0 radical (unpaired) electrons. The molecule has 0 bridgehead atoms. The monoisotopic (exact) mass is 226 g/mol. The average molecular weight is 226 g/mol. The van der Waals surface area contributed by atoms with Crippen LogP contribution in [0.25, 0.3) is 0 Å². The van der Waals surface area contributed by atoms with Crippen LogP contribution >= 0.6 is 0 Å². The summed E-state index contributed by atoms with van der Waals surface area (Å²) >= 11 is 0. The molecule has 0 aromatic heterocycles. The minimum Gasteiger partial charge on any atom is -0.481 e. The van der Waals surface area contributed by atoms with Gasteiger partial charge in [-0.2, -0.15) is 0 Å². The van der Waals surface area contributed by atoms with Crippen molar-refractivity contribution in [2.24, 2.45) is 11.7 Å². The van der Waals surface area contributed by atoms with Crippen LogP contribution in [-0.4, -0.2) is 28.6 Å². The quantitative estimate of drug-likeness (QED) is 0.599. The van der Waals surface area contributed by atoms with Gasteiger partial charge in [-0.25, -0.2) is 0 Å². The Balaban J connectivity index is 2.50. The minimum atomic E-state index is -0.894. The van der Waals surface area contributed by atoms with Crippen molar-refractivity contribution < 1.29 is 14.7 Å². The molecule has 5 nitrogen and oxygen atoms in total. The Hall–Kier alpha value is -1.36. The Morgan fingerprint density at radius 3 is 2.62 bits per heavy atom. The van der Waals surface area contributed by atoms with E-state index in [0.29, 0.717) is 12.8 Å². The van der Waals surface area contributed by atoms with Gasteiger partial charge in [-0.3, -0.25) is 9.59 Å². The zero-order valence-corrected chi connectivity index (χ0v) is 9.56. The molecule has 0 aromatic rings. The summed E-state index contributed by atoms with van der Waals surface area (Å²) < 4.78 is 0. The average Bonchev–Trinajstić information content (AvgIpc) is 2.66. The summed E-state index contributed by atoms with van der Waals surface area (Å²) in [5, 5.41) is 11.5.